The maximum atomic E-state index is 12.4. The molecule has 0 radical (unpaired) electrons. The van der Waals surface area contributed by atoms with Crippen molar-refractivity contribution in [2.24, 2.45) is 5.92 Å². The van der Waals surface area contributed by atoms with Crippen LogP contribution < -0.4 is 19.1 Å². The van der Waals surface area contributed by atoms with Gasteiger partial charge in [-0.3, -0.25) is 9.10 Å². The lowest BCUT2D eigenvalue weighted by Gasteiger charge is -2.29. The molecule has 0 spiro atoms. The summed E-state index contributed by atoms with van der Waals surface area (Å²) in [7, 11) is -1.50. The third-order valence-electron chi connectivity index (χ3n) is 5.21. The van der Waals surface area contributed by atoms with E-state index in [1.54, 1.807) is 18.2 Å². The van der Waals surface area contributed by atoms with Gasteiger partial charge in [0.1, 0.15) is 19.8 Å². The van der Waals surface area contributed by atoms with E-state index in [9.17, 15) is 13.2 Å². The van der Waals surface area contributed by atoms with Crippen molar-refractivity contribution in [3.63, 3.8) is 0 Å². The van der Waals surface area contributed by atoms with Crippen molar-refractivity contribution in [2.45, 2.75) is 19.3 Å². The van der Waals surface area contributed by atoms with Crippen molar-refractivity contribution in [3.05, 3.63) is 18.2 Å². The van der Waals surface area contributed by atoms with Gasteiger partial charge in [0.2, 0.25) is 15.9 Å². The molecule has 8 nitrogen and oxygen atoms in total. The SMILES string of the molecule is CN1CCC(CCNC(=O)CN(c2ccc3c(c2)OCCO3)S(C)(=O)=O)CC1. The lowest BCUT2D eigenvalue weighted by atomic mass is 9.94. The van der Waals surface area contributed by atoms with E-state index in [1.807, 2.05) is 0 Å². The molecule has 1 saturated heterocycles. The summed E-state index contributed by atoms with van der Waals surface area (Å²) >= 11 is 0. The summed E-state index contributed by atoms with van der Waals surface area (Å²) < 4.78 is 36.6. The number of carbonyl (C=O) groups is 1. The molecule has 0 aliphatic carbocycles. The fraction of sp³-hybridized carbons (Fsp3) is 0.632. The van der Waals surface area contributed by atoms with Gasteiger partial charge < -0.3 is 19.7 Å². The minimum Gasteiger partial charge on any atom is -0.486 e. The van der Waals surface area contributed by atoms with Gasteiger partial charge in [-0.25, -0.2) is 8.42 Å². The zero-order valence-corrected chi connectivity index (χ0v) is 17.3. The first-order valence-electron chi connectivity index (χ1n) is 9.65. The van der Waals surface area contributed by atoms with E-state index in [2.05, 4.69) is 17.3 Å². The minimum absolute atomic E-state index is 0.258. The summed E-state index contributed by atoms with van der Waals surface area (Å²) in [6, 6.07) is 4.89. The average Bonchev–Trinajstić information content (AvgIpc) is 2.66. The first kappa shape index (κ1) is 20.7. The standard InChI is InChI=1S/C19H29N3O5S/c1-21-9-6-15(7-10-21)5-8-20-19(23)14-22(28(2,24)25)16-3-4-17-18(13-16)27-12-11-26-17/h3-4,13,15H,5-12,14H2,1-2H3,(H,20,23). The van der Waals surface area contributed by atoms with Gasteiger partial charge in [-0.05, 0) is 57.5 Å². The molecular weight excluding hydrogens is 382 g/mol. The Kier molecular flexibility index (Phi) is 6.66. The summed E-state index contributed by atoms with van der Waals surface area (Å²) in [6.45, 7) is 3.35. The van der Waals surface area contributed by atoms with Crippen molar-refractivity contribution in [1.82, 2.24) is 10.2 Å². The third-order valence-corrected chi connectivity index (χ3v) is 6.35. The number of rotatable bonds is 7. The van der Waals surface area contributed by atoms with Crippen LogP contribution in [0.4, 0.5) is 5.69 Å². The van der Waals surface area contributed by atoms with E-state index < -0.39 is 10.0 Å². The number of benzene rings is 1. The molecule has 0 aromatic heterocycles. The van der Waals surface area contributed by atoms with Crippen LogP contribution in [0.3, 0.4) is 0 Å². The maximum Gasteiger partial charge on any atom is 0.240 e. The van der Waals surface area contributed by atoms with Crippen LogP contribution in [0.5, 0.6) is 11.5 Å². The number of fused-ring (bicyclic) bond motifs is 1. The van der Waals surface area contributed by atoms with Gasteiger partial charge in [-0.15, -0.1) is 0 Å². The van der Waals surface area contributed by atoms with Gasteiger partial charge in [0.15, 0.2) is 11.5 Å². The summed E-state index contributed by atoms with van der Waals surface area (Å²) in [5.41, 5.74) is 0.386. The number of nitrogens with one attached hydrogen (secondary N) is 1. The number of ether oxygens (including phenoxy) is 2. The highest BCUT2D eigenvalue weighted by Gasteiger charge is 2.23. The molecule has 28 heavy (non-hydrogen) atoms. The van der Waals surface area contributed by atoms with Crippen LogP contribution in [0.1, 0.15) is 19.3 Å². The van der Waals surface area contributed by atoms with Crippen molar-refractivity contribution >= 4 is 21.6 Å². The van der Waals surface area contributed by atoms with Crippen LogP contribution in [-0.2, 0) is 14.8 Å². The molecule has 9 heteroatoms. The lowest BCUT2D eigenvalue weighted by molar-refractivity contribution is -0.119. The molecule has 0 bridgehead atoms. The fourth-order valence-electron chi connectivity index (χ4n) is 3.54. The molecule has 2 heterocycles. The number of sulfonamides is 1. The molecule has 1 N–H and O–H groups in total. The van der Waals surface area contributed by atoms with Crippen LogP contribution >= 0.6 is 0 Å². The van der Waals surface area contributed by atoms with Crippen molar-refractivity contribution < 1.29 is 22.7 Å². The Morgan fingerprint density at radius 1 is 1.21 bits per heavy atom. The number of piperidine rings is 1. The van der Waals surface area contributed by atoms with Crippen LogP contribution in [0.25, 0.3) is 0 Å². The molecule has 1 aromatic rings. The van der Waals surface area contributed by atoms with Crippen molar-refractivity contribution in [2.75, 3.05) is 57.0 Å². The predicted octanol–water partition coefficient (Wildman–Crippen LogP) is 1.07. The second kappa shape index (κ2) is 9.00. The Morgan fingerprint density at radius 3 is 2.57 bits per heavy atom. The molecule has 0 saturated carbocycles. The molecule has 3 rings (SSSR count). The van der Waals surface area contributed by atoms with E-state index in [1.165, 1.54) is 0 Å². The van der Waals surface area contributed by atoms with E-state index in [4.69, 9.17) is 9.47 Å². The van der Waals surface area contributed by atoms with Gasteiger partial charge in [0.25, 0.3) is 0 Å². The van der Waals surface area contributed by atoms with Crippen molar-refractivity contribution in [3.8, 4) is 11.5 Å². The van der Waals surface area contributed by atoms with Gasteiger partial charge in [0, 0.05) is 12.6 Å². The first-order valence-corrected chi connectivity index (χ1v) is 11.5. The number of anilines is 1. The highest BCUT2D eigenvalue weighted by atomic mass is 32.2. The van der Waals surface area contributed by atoms with Gasteiger partial charge >= 0.3 is 0 Å². The predicted molar refractivity (Wildman–Crippen MR) is 107 cm³/mol. The number of hydrogen-bond acceptors (Lipinski definition) is 6. The summed E-state index contributed by atoms with van der Waals surface area (Å²) in [6.07, 6.45) is 4.29. The zero-order chi connectivity index (χ0) is 20.1. The third kappa shape index (κ3) is 5.51. The molecule has 2 aliphatic heterocycles. The molecule has 0 unspecified atom stereocenters. The Hall–Kier alpha value is -2.00. The molecule has 1 aromatic carbocycles. The molecule has 0 atom stereocenters. The number of carbonyl (C=O) groups excluding carboxylic acids is 1. The van der Waals surface area contributed by atoms with Gasteiger partial charge in [-0.1, -0.05) is 0 Å². The highest BCUT2D eigenvalue weighted by molar-refractivity contribution is 7.92. The molecule has 1 fully saturated rings. The topological polar surface area (TPSA) is 88.2 Å². The monoisotopic (exact) mass is 411 g/mol. The van der Waals surface area contributed by atoms with Crippen LogP contribution in [-0.4, -0.2) is 71.9 Å². The smallest absolute Gasteiger partial charge is 0.240 e. The maximum absolute atomic E-state index is 12.4. The van der Waals surface area contributed by atoms with E-state index in [-0.39, 0.29) is 12.5 Å². The second-order valence-corrected chi connectivity index (χ2v) is 9.39. The van der Waals surface area contributed by atoms with Gasteiger partial charge in [-0.2, -0.15) is 0 Å². The Labute approximate surface area is 166 Å². The normalized spacial score (nSPS) is 17.9. The first-order chi connectivity index (χ1) is 13.3. The fourth-order valence-corrected chi connectivity index (χ4v) is 4.39. The van der Waals surface area contributed by atoms with Crippen LogP contribution in [0.2, 0.25) is 0 Å². The van der Waals surface area contributed by atoms with Crippen LogP contribution in [0.15, 0.2) is 18.2 Å². The Morgan fingerprint density at radius 2 is 1.89 bits per heavy atom. The number of likely N-dealkylation sites (tertiary alicyclic amines) is 1. The van der Waals surface area contributed by atoms with E-state index in [0.29, 0.717) is 42.9 Å². The van der Waals surface area contributed by atoms with Gasteiger partial charge in [0.05, 0.1) is 11.9 Å². The van der Waals surface area contributed by atoms with E-state index in [0.717, 1.165) is 42.9 Å². The number of nitrogens with zero attached hydrogens (tertiary/aromatic N) is 2. The van der Waals surface area contributed by atoms with Crippen molar-refractivity contribution in [1.29, 1.82) is 0 Å². The molecule has 1 amide bonds. The number of amides is 1. The molecule has 156 valence electrons. The quantitative estimate of drug-likeness (QED) is 0.722. The number of hydrogen-bond donors (Lipinski definition) is 1. The van der Waals surface area contributed by atoms with E-state index >= 15 is 0 Å². The average molecular weight is 412 g/mol. The largest absolute Gasteiger partial charge is 0.486 e. The summed E-state index contributed by atoms with van der Waals surface area (Å²) in [5, 5.41) is 2.86. The lowest BCUT2D eigenvalue weighted by Crippen LogP contribution is -2.41. The summed E-state index contributed by atoms with van der Waals surface area (Å²) in [5.74, 6) is 1.36. The minimum atomic E-state index is -3.62. The molecule has 2 aliphatic rings. The van der Waals surface area contributed by atoms with Crippen LogP contribution in [0, 0.1) is 5.92 Å². The molecular formula is C19H29N3O5S. The zero-order valence-electron chi connectivity index (χ0n) is 16.5. The second-order valence-electron chi connectivity index (χ2n) is 7.48. The highest BCUT2D eigenvalue weighted by Crippen LogP contribution is 2.34. The summed E-state index contributed by atoms with van der Waals surface area (Å²) in [4.78, 5) is 14.7. The Balaban J connectivity index is 1.57. The Bertz CT molecular complexity index is 791.